The molecule has 0 atom stereocenters. The summed E-state index contributed by atoms with van der Waals surface area (Å²) in [6.07, 6.45) is 2.06. The maximum atomic E-state index is 12.7. The Labute approximate surface area is 137 Å². The van der Waals surface area contributed by atoms with Gasteiger partial charge in [-0.05, 0) is 29.8 Å². The lowest BCUT2D eigenvalue weighted by Crippen LogP contribution is -2.18. The molecule has 116 valence electrons. The van der Waals surface area contributed by atoms with Crippen LogP contribution in [0.5, 0.6) is 0 Å². The topological polar surface area (TPSA) is 59.3 Å². The molecule has 4 nitrogen and oxygen atoms in total. The maximum absolute atomic E-state index is 12.7. The van der Waals surface area contributed by atoms with Gasteiger partial charge in [-0.3, -0.25) is 9.59 Å². The molecule has 0 radical (unpaired) electrons. The number of para-hydroxylation sites is 1. The molecule has 0 fully saturated rings. The third kappa shape index (κ3) is 3.27. The number of fused-ring (bicyclic) bond motifs is 1. The van der Waals surface area contributed by atoms with Crippen LogP contribution in [0.25, 0.3) is 10.9 Å². The molecule has 0 saturated carbocycles. The first-order valence-electron chi connectivity index (χ1n) is 7.12. The number of aromatic nitrogens is 1. The Bertz CT molecular complexity index is 929. The van der Waals surface area contributed by atoms with Crippen molar-refractivity contribution in [3.63, 3.8) is 0 Å². The minimum Gasteiger partial charge on any atom is -0.480 e. The molecular weight excluding hydrogens is 314 g/mol. The monoisotopic (exact) mass is 327 g/mol. The summed E-state index contributed by atoms with van der Waals surface area (Å²) >= 11 is 5.88. The summed E-state index contributed by atoms with van der Waals surface area (Å²) < 4.78 is 1.60. The molecule has 0 aliphatic rings. The van der Waals surface area contributed by atoms with Gasteiger partial charge >= 0.3 is 5.97 Å². The molecule has 1 heterocycles. The minimum absolute atomic E-state index is 0.0720. The van der Waals surface area contributed by atoms with E-state index in [9.17, 15) is 9.59 Å². The normalized spacial score (nSPS) is 10.8. The standard InChI is InChI=1S/C18H14ClNO3/c19-14-7-5-12(6-8-14)9-13-10-20(11-17(21)22)16-4-2-1-3-15(16)18(13)23/h1-8,10H,9,11H2,(H,21,22). The van der Waals surface area contributed by atoms with Crippen molar-refractivity contribution >= 4 is 28.5 Å². The summed E-state index contributed by atoms with van der Waals surface area (Å²) in [5.74, 6) is -0.948. The molecule has 0 aliphatic heterocycles. The van der Waals surface area contributed by atoms with Gasteiger partial charge in [0.1, 0.15) is 6.54 Å². The number of halogens is 1. The number of hydrogen-bond acceptors (Lipinski definition) is 2. The van der Waals surface area contributed by atoms with Crippen LogP contribution in [0.15, 0.2) is 59.5 Å². The molecule has 0 aliphatic carbocycles. The zero-order chi connectivity index (χ0) is 16.4. The lowest BCUT2D eigenvalue weighted by atomic mass is 10.0. The fraction of sp³-hybridized carbons (Fsp3) is 0.111. The summed E-state index contributed by atoms with van der Waals surface area (Å²) in [5, 5.41) is 10.3. The second-order valence-electron chi connectivity index (χ2n) is 5.33. The lowest BCUT2D eigenvalue weighted by molar-refractivity contribution is -0.137. The molecule has 23 heavy (non-hydrogen) atoms. The van der Waals surface area contributed by atoms with Crippen molar-refractivity contribution < 1.29 is 9.90 Å². The molecule has 3 aromatic rings. The molecule has 2 aromatic carbocycles. The molecule has 3 rings (SSSR count). The molecular formula is C18H14ClNO3. The zero-order valence-electron chi connectivity index (χ0n) is 12.2. The zero-order valence-corrected chi connectivity index (χ0v) is 13.0. The van der Waals surface area contributed by atoms with Crippen LogP contribution in [0.4, 0.5) is 0 Å². The van der Waals surface area contributed by atoms with Crippen molar-refractivity contribution in [2.24, 2.45) is 0 Å². The number of nitrogens with zero attached hydrogens (tertiary/aromatic N) is 1. The Morgan fingerprint density at radius 1 is 1.09 bits per heavy atom. The molecule has 5 heteroatoms. The van der Waals surface area contributed by atoms with Gasteiger partial charge in [0.05, 0.1) is 5.52 Å². The van der Waals surface area contributed by atoms with E-state index < -0.39 is 5.97 Å². The molecule has 1 aromatic heterocycles. The van der Waals surface area contributed by atoms with E-state index in [1.54, 1.807) is 47.2 Å². The lowest BCUT2D eigenvalue weighted by Gasteiger charge is -2.11. The average Bonchev–Trinajstić information content (AvgIpc) is 2.53. The smallest absolute Gasteiger partial charge is 0.323 e. The van der Waals surface area contributed by atoms with E-state index in [1.807, 2.05) is 12.1 Å². The Kier molecular flexibility index (Phi) is 4.17. The number of hydrogen-bond donors (Lipinski definition) is 1. The molecule has 0 amide bonds. The minimum atomic E-state index is -0.948. The van der Waals surface area contributed by atoms with Crippen LogP contribution < -0.4 is 5.43 Å². The number of pyridine rings is 1. The van der Waals surface area contributed by atoms with Crippen LogP contribution in [0.3, 0.4) is 0 Å². The van der Waals surface area contributed by atoms with Crippen LogP contribution in [0.1, 0.15) is 11.1 Å². The van der Waals surface area contributed by atoms with Gasteiger partial charge < -0.3 is 9.67 Å². The summed E-state index contributed by atoms with van der Waals surface area (Å²) in [7, 11) is 0. The molecule has 0 bridgehead atoms. The van der Waals surface area contributed by atoms with Crippen LogP contribution in [0.2, 0.25) is 5.02 Å². The largest absolute Gasteiger partial charge is 0.480 e. The molecule has 0 spiro atoms. The number of aliphatic carboxylic acids is 1. The van der Waals surface area contributed by atoms with Gasteiger partial charge in [-0.15, -0.1) is 0 Å². The molecule has 0 unspecified atom stereocenters. The van der Waals surface area contributed by atoms with Crippen LogP contribution in [-0.4, -0.2) is 15.6 Å². The Hall–Kier alpha value is -2.59. The summed E-state index contributed by atoms with van der Waals surface area (Å²) in [6, 6.07) is 14.3. The van der Waals surface area contributed by atoms with Crippen molar-refractivity contribution in [1.82, 2.24) is 4.57 Å². The van der Waals surface area contributed by atoms with Gasteiger partial charge in [-0.25, -0.2) is 0 Å². The second kappa shape index (κ2) is 6.26. The van der Waals surface area contributed by atoms with Crippen molar-refractivity contribution in [2.45, 2.75) is 13.0 Å². The predicted molar refractivity (Wildman–Crippen MR) is 90.1 cm³/mol. The summed E-state index contributed by atoms with van der Waals surface area (Å²) in [6.45, 7) is -0.186. The fourth-order valence-electron chi connectivity index (χ4n) is 2.63. The highest BCUT2D eigenvalue weighted by Gasteiger charge is 2.11. The van der Waals surface area contributed by atoms with E-state index in [2.05, 4.69) is 0 Å². The van der Waals surface area contributed by atoms with Gasteiger partial charge in [0.2, 0.25) is 0 Å². The van der Waals surface area contributed by atoms with Crippen molar-refractivity contribution in [3.8, 4) is 0 Å². The highest BCUT2D eigenvalue weighted by Crippen LogP contribution is 2.16. The SMILES string of the molecule is O=C(O)Cn1cc(Cc2ccc(Cl)cc2)c(=O)c2ccccc21. The highest BCUT2D eigenvalue weighted by atomic mass is 35.5. The summed E-state index contributed by atoms with van der Waals surface area (Å²) in [5.41, 5.74) is 2.06. The number of carboxylic acid groups (broad SMARTS) is 1. The first-order valence-corrected chi connectivity index (χ1v) is 7.49. The van der Waals surface area contributed by atoms with Crippen LogP contribution in [-0.2, 0) is 17.8 Å². The van der Waals surface area contributed by atoms with Crippen molar-refractivity contribution in [2.75, 3.05) is 0 Å². The van der Waals surface area contributed by atoms with Crippen LogP contribution in [0, 0.1) is 0 Å². The Balaban J connectivity index is 2.12. The number of carbonyl (C=O) groups is 1. The van der Waals surface area contributed by atoms with E-state index in [1.165, 1.54) is 0 Å². The highest BCUT2D eigenvalue weighted by molar-refractivity contribution is 6.30. The molecule has 0 saturated heterocycles. The van der Waals surface area contributed by atoms with E-state index in [0.29, 0.717) is 27.9 Å². The van der Waals surface area contributed by atoms with Crippen molar-refractivity contribution in [1.29, 1.82) is 0 Å². The second-order valence-corrected chi connectivity index (χ2v) is 5.76. The summed E-state index contributed by atoms with van der Waals surface area (Å²) in [4.78, 5) is 23.7. The van der Waals surface area contributed by atoms with E-state index >= 15 is 0 Å². The number of rotatable bonds is 4. The van der Waals surface area contributed by atoms with E-state index in [0.717, 1.165) is 5.56 Å². The van der Waals surface area contributed by atoms with Gasteiger partial charge in [0, 0.05) is 28.6 Å². The fourth-order valence-corrected chi connectivity index (χ4v) is 2.76. The van der Waals surface area contributed by atoms with E-state index in [-0.39, 0.29) is 12.0 Å². The Morgan fingerprint density at radius 3 is 2.48 bits per heavy atom. The van der Waals surface area contributed by atoms with Crippen LogP contribution >= 0.6 is 11.6 Å². The molecule has 1 N–H and O–H groups in total. The van der Waals surface area contributed by atoms with Gasteiger partial charge in [-0.1, -0.05) is 35.9 Å². The maximum Gasteiger partial charge on any atom is 0.323 e. The Morgan fingerprint density at radius 2 is 1.78 bits per heavy atom. The third-order valence-electron chi connectivity index (χ3n) is 3.67. The first-order chi connectivity index (χ1) is 11.0. The predicted octanol–water partition coefficient (Wildman–Crippen LogP) is 3.33. The van der Waals surface area contributed by atoms with Gasteiger partial charge in [-0.2, -0.15) is 0 Å². The first kappa shape index (κ1) is 15.3. The number of carboxylic acids is 1. The average molecular weight is 328 g/mol. The quantitative estimate of drug-likeness (QED) is 0.799. The van der Waals surface area contributed by atoms with E-state index in [4.69, 9.17) is 16.7 Å². The number of benzene rings is 2. The van der Waals surface area contributed by atoms with Gasteiger partial charge in [0.25, 0.3) is 0 Å². The third-order valence-corrected chi connectivity index (χ3v) is 3.93. The van der Waals surface area contributed by atoms with Gasteiger partial charge in [0.15, 0.2) is 5.43 Å². The van der Waals surface area contributed by atoms with Crippen molar-refractivity contribution in [3.05, 3.63) is 81.1 Å².